The predicted molar refractivity (Wildman–Crippen MR) is 44.1 cm³/mol. The Bertz CT molecular complexity index is 216. The molecule has 0 spiro atoms. The topological polar surface area (TPSA) is 75.6 Å². The van der Waals surface area contributed by atoms with Crippen LogP contribution < -0.4 is 5.32 Å². The summed E-state index contributed by atoms with van der Waals surface area (Å²) in [5, 5.41) is 12.1. The lowest BCUT2D eigenvalue weighted by molar-refractivity contribution is -0.151. The summed E-state index contributed by atoms with van der Waals surface area (Å²) in [4.78, 5) is 21.8. The Kier molecular flexibility index (Phi) is 3.39. The van der Waals surface area contributed by atoms with E-state index in [4.69, 9.17) is 5.11 Å². The van der Waals surface area contributed by atoms with Gasteiger partial charge in [-0.05, 0) is 6.42 Å². The Morgan fingerprint density at radius 3 is 2.77 bits per heavy atom. The zero-order valence-corrected chi connectivity index (χ0v) is 7.45. The lowest BCUT2D eigenvalue weighted by atomic mass is 10.1. The van der Waals surface area contributed by atoms with Crippen molar-refractivity contribution < 1.29 is 19.4 Å². The van der Waals surface area contributed by atoms with Gasteiger partial charge in [0.15, 0.2) is 0 Å². The molecule has 1 aliphatic rings. The minimum Gasteiger partial charge on any atom is -0.463 e. The summed E-state index contributed by atoms with van der Waals surface area (Å²) in [5.41, 5.74) is 0. The standard InChI is InChI=1S/C8H13NO4/c1-13-8(12)7(11)3-5-2-6(10)4-9-5/h5-6,9-10H,2-4H2,1H3/t5-,6+/m0/s1. The number of methoxy groups -OCH3 is 1. The lowest BCUT2D eigenvalue weighted by Crippen LogP contribution is -2.28. The van der Waals surface area contributed by atoms with E-state index in [1.54, 1.807) is 0 Å². The number of nitrogens with one attached hydrogen (secondary N) is 1. The van der Waals surface area contributed by atoms with Crippen LogP contribution in [0.2, 0.25) is 0 Å². The highest BCUT2D eigenvalue weighted by Crippen LogP contribution is 2.10. The first-order chi connectivity index (χ1) is 6.13. The van der Waals surface area contributed by atoms with Gasteiger partial charge in [-0.25, -0.2) is 4.79 Å². The summed E-state index contributed by atoms with van der Waals surface area (Å²) in [6.45, 7) is 0.485. The van der Waals surface area contributed by atoms with E-state index in [2.05, 4.69) is 10.1 Å². The Balaban J connectivity index is 2.32. The highest BCUT2D eigenvalue weighted by atomic mass is 16.5. The van der Waals surface area contributed by atoms with Crippen molar-refractivity contribution in [2.75, 3.05) is 13.7 Å². The number of ketones is 1. The van der Waals surface area contributed by atoms with Crippen LogP contribution in [0.4, 0.5) is 0 Å². The molecule has 1 heterocycles. The molecule has 1 aliphatic heterocycles. The van der Waals surface area contributed by atoms with Gasteiger partial charge in [0.2, 0.25) is 5.78 Å². The number of rotatable bonds is 3. The number of aliphatic hydroxyl groups excluding tert-OH is 1. The molecule has 0 unspecified atom stereocenters. The first kappa shape index (κ1) is 10.1. The van der Waals surface area contributed by atoms with Crippen molar-refractivity contribution in [3.63, 3.8) is 0 Å². The minimum atomic E-state index is -0.816. The third-order valence-electron chi connectivity index (χ3n) is 2.04. The number of Topliss-reactive ketones (excluding diaryl/α,β-unsaturated/α-hetero) is 1. The molecular weight excluding hydrogens is 174 g/mol. The third kappa shape index (κ3) is 2.78. The van der Waals surface area contributed by atoms with Gasteiger partial charge in [-0.15, -0.1) is 0 Å². The van der Waals surface area contributed by atoms with Crippen LogP contribution in [0.15, 0.2) is 0 Å². The lowest BCUT2D eigenvalue weighted by Gasteiger charge is -2.06. The minimum absolute atomic E-state index is 0.0957. The van der Waals surface area contributed by atoms with Crippen LogP contribution in [0.1, 0.15) is 12.8 Å². The molecule has 0 saturated carbocycles. The number of carbonyl (C=O) groups is 2. The summed E-state index contributed by atoms with van der Waals surface area (Å²) in [5.74, 6) is -1.36. The molecule has 0 aliphatic carbocycles. The van der Waals surface area contributed by atoms with Crippen molar-refractivity contribution in [3.8, 4) is 0 Å². The molecule has 0 aromatic carbocycles. The predicted octanol–water partition coefficient (Wildman–Crippen LogP) is -1.16. The molecule has 0 bridgehead atoms. The van der Waals surface area contributed by atoms with Crippen molar-refractivity contribution in [2.45, 2.75) is 25.0 Å². The van der Waals surface area contributed by atoms with E-state index in [9.17, 15) is 9.59 Å². The van der Waals surface area contributed by atoms with E-state index in [1.807, 2.05) is 0 Å². The van der Waals surface area contributed by atoms with Gasteiger partial charge in [0, 0.05) is 19.0 Å². The third-order valence-corrected chi connectivity index (χ3v) is 2.04. The van der Waals surface area contributed by atoms with Crippen LogP contribution in [0.5, 0.6) is 0 Å². The summed E-state index contributed by atoms with van der Waals surface area (Å²) in [7, 11) is 1.18. The SMILES string of the molecule is COC(=O)C(=O)C[C@@H]1C[C@@H](O)CN1. The fourth-order valence-corrected chi connectivity index (χ4v) is 1.37. The van der Waals surface area contributed by atoms with Crippen LogP contribution >= 0.6 is 0 Å². The Morgan fingerprint density at radius 2 is 2.31 bits per heavy atom. The summed E-state index contributed by atoms with van der Waals surface area (Å²) >= 11 is 0. The average molecular weight is 187 g/mol. The Morgan fingerprint density at radius 1 is 1.62 bits per heavy atom. The zero-order chi connectivity index (χ0) is 9.84. The second-order valence-electron chi connectivity index (χ2n) is 3.11. The maximum absolute atomic E-state index is 11.0. The van der Waals surface area contributed by atoms with Crippen molar-refractivity contribution >= 4 is 11.8 Å². The summed E-state index contributed by atoms with van der Waals surface area (Å²) < 4.78 is 4.27. The second-order valence-corrected chi connectivity index (χ2v) is 3.11. The molecule has 5 heteroatoms. The van der Waals surface area contributed by atoms with E-state index in [-0.39, 0.29) is 12.5 Å². The van der Waals surface area contributed by atoms with Gasteiger partial charge in [-0.2, -0.15) is 0 Å². The number of β-amino-alcohol motifs (C(OH)–C–C–N with tert-alkyl or cyclic N) is 1. The van der Waals surface area contributed by atoms with Crippen LogP contribution in [0.25, 0.3) is 0 Å². The summed E-state index contributed by atoms with van der Waals surface area (Å²) in [6, 6.07) is -0.0957. The van der Waals surface area contributed by atoms with Gasteiger partial charge in [-0.1, -0.05) is 0 Å². The molecule has 0 amide bonds. The van der Waals surface area contributed by atoms with Gasteiger partial charge in [0.1, 0.15) is 0 Å². The average Bonchev–Trinajstić information content (AvgIpc) is 2.49. The first-order valence-electron chi connectivity index (χ1n) is 4.16. The fraction of sp³-hybridized carbons (Fsp3) is 0.750. The normalized spacial score (nSPS) is 27.2. The van der Waals surface area contributed by atoms with Gasteiger partial charge >= 0.3 is 5.97 Å². The molecular formula is C8H13NO4. The highest BCUT2D eigenvalue weighted by molar-refractivity contribution is 6.33. The smallest absolute Gasteiger partial charge is 0.374 e. The molecule has 2 atom stereocenters. The molecule has 1 fully saturated rings. The van der Waals surface area contributed by atoms with E-state index in [1.165, 1.54) is 7.11 Å². The van der Waals surface area contributed by atoms with Crippen molar-refractivity contribution in [3.05, 3.63) is 0 Å². The largest absolute Gasteiger partial charge is 0.463 e. The number of aliphatic hydroxyl groups is 1. The molecule has 0 aromatic heterocycles. The molecule has 74 valence electrons. The van der Waals surface area contributed by atoms with Gasteiger partial charge in [0.05, 0.1) is 13.2 Å². The molecule has 0 aromatic rings. The second kappa shape index (κ2) is 4.34. The fourth-order valence-electron chi connectivity index (χ4n) is 1.37. The number of ether oxygens (including phenoxy) is 1. The van der Waals surface area contributed by atoms with E-state index < -0.39 is 17.9 Å². The molecule has 1 rings (SSSR count). The highest BCUT2D eigenvalue weighted by Gasteiger charge is 2.26. The van der Waals surface area contributed by atoms with Gasteiger partial charge < -0.3 is 15.2 Å². The Labute approximate surface area is 76.1 Å². The van der Waals surface area contributed by atoms with Crippen LogP contribution in [-0.4, -0.2) is 42.7 Å². The van der Waals surface area contributed by atoms with Crippen molar-refractivity contribution in [1.29, 1.82) is 0 Å². The number of esters is 1. The van der Waals surface area contributed by atoms with Crippen LogP contribution in [0, 0.1) is 0 Å². The molecule has 1 saturated heterocycles. The monoisotopic (exact) mass is 187 g/mol. The van der Waals surface area contributed by atoms with E-state index >= 15 is 0 Å². The van der Waals surface area contributed by atoms with E-state index in [0.717, 1.165) is 0 Å². The molecule has 5 nitrogen and oxygen atoms in total. The molecule has 13 heavy (non-hydrogen) atoms. The van der Waals surface area contributed by atoms with Gasteiger partial charge in [-0.3, -0.25) is 4.79 Å². The molecule has 2 N–H and O–H groups in total. The summed E-state index contributed by atoms with van der Waals surface area (Å²) in [6.07, 6.45) is 0.211. The quantitative estimate of drug-likeness (QED) is 0.430. The number of carbonyl (C=O) groups excluding carboxylic acids is 2. The van der Waals surface area contributed by atoms with Gasteiger partial charge in [0.25, 0.3) is 0 Å². The van der Waals surface area contributed by atoms with Crippen molar-refractivity contribution in [1.82, 2.24) is 5.32 Å². The maximum Gasteiger partial charge on any atom is 0.374 e. The van der Waals surface area contributed by atoms with Crippen LogP contribution in [-0.2, 0) is 14.3 Å². The maximum atomic E-state index is 11.0. The molecule has 0 radical (unpaired) electrons. The van der Waals surface area contributed by atoms with Crippen LogP contribution in [0.3, 0.4) is 0 Å². The van der Waals surface area contributed by atoms with E-state index in [0.29, 0.717) is 13.0 Å². The zero-order valence-electron chi connectivity index (χ0n) is 7.45. The Hall–Kier alpha value is -0.940. The number of hydrogen-bond acceptors (Lipinski definition) is 5. The number of hydrogen-bond donors (Lipinski definition) is 2. The van der Waals surface area contributed by atoms with Crippen molar-refractivity contribution in [2.24, 2.45) is 0 Å². The first-order valence-corrected chi connectivity index (χ1v) is 4.16.